The second kappa shape index (κ2) is 9.64. The van der Waals surface area contributed by atoms with Crippen molar-refractivity contribution in [3.63, 3.8) is 0 Å². The fourth-order valence-electron chi connectivity index (χ4n) is 3.96. The van der Waals surface area contributed by atoms with E-state index in [1.54, 1.807) is 6.07 Å². The minimum absolute atomic E-state index is 0.0358. The first-order valence-electron chi connectivity index (χ1n) is 10.8. The van der Waals surface area contributed by atoms with Crippen molar-refractivity contribution in [1.82, 2.24) is 15.3 Å². The molecule has 176 valence electrons. The fraction of sp³-hybridized carbons (Fsp3) is 0.240. The standard InChI is InChI=1S/C25H24F3N5O/c26-25(27,28)19-8-7-16(20(13-19)17-9-11-31-12-10-17)4-1-15-2-5-18(6-3-15)24-32-21(23(30)34)14-22(29)33-24/h2-3,5-9,13-14,31H,1,4,10-12H2,(H2,30,34)(H2,29,32,33). The number of nitrogens with zero attached hydrogens (tertiary/aromatic N) is 2. The van der Waals surface area contributed by atoms with E-state index in [9.17, 15) is 18.0 Å². The van der Waals surface area contributed by atoms with E-state index >= 15 is 0 Å². The van der Waals surface area contributed by atoms with Crippen LogP contribution < -0.4 is 16.8 Å². The number of nitrogens with one attached hydrogen (secondary N) is 1. The normalized spacial score (nSPS) is 14.0. The Morgan fingerprint density at radius 3 is 2.44 bits per heavy atom. The van der Waals surface area contributed by atoms with E-state index in [-0.39, 0.29) is 11.5 Å². The molecule has 5 N–H and O–H groups in total. The third-order valence-corrected chi connectivity index (χ3v) is 5.74. The summed E-state index contributed by atoms with van der Waals surface area (Å²) in [5.74, 6) is -0.253. The molecule has 0 bridgehead atoms. The van der Waals surface area contributed by atoms with Crippen molar-refractivity contribution in [1.29, 1.82) is 0 Å². The first-order valence-corrected chi connectivity index (χ1v) is 10.8. The van der Waals surface area contributed by atoms with E-state index in [1.807, 2.05) is 30.3 Å². The van der Waals surface area contributed by atoms with E-state index in [0.29, 0.717) is 42.8 Å². The molecule has 1 aromatic heterocycles. The highest BCUT2D eigenvalue weighted by molar-refractivity contribution is 5.91. The van der Waals surface area contributed by atoms with Crippen molar-refractivity contribution < 1.29 is 18.0 Å². The van der Waals surface area contributed by atoms with Gasteiger partial charge in [-0.15, -0.1) is 0 Å². The lowest BCUT2D eigenvalue weighted by molar-refractivity contribution is -0.137. The molecule has 2 heterocycles. The molecule has 6 nitrogen and oxygen atoms in total. The first-order chi connectivity index (χ1) is 16.2. The molecule has 2 aromatic carbocycles. The summed E-state index contributed by atoms with van der Waals surface area (Å²) >= 11 is 0. The SMILES string of the molecule is NC(=O)c1cc(N)nc(-c2ccc(CCc3ccc(C(F)(F)F)cc3C3=CCNCC3)cc2)n1. The number of hydrogen-bond acceptors (Lipinski definition) is 5. The van der Waals surface area contributed by atoms with Crippen molar-refractivity contribution in [2.45, 2.75) is 25.4 Å². The molecule has 0 saturated heterocycles. The van der Waals surface area contributed by atoms with Crippen LogP contribution in [0.3, 0.4) is 0 Å². The van der Waals surface area contributed by atoms with E-state index in [0.717, 1.165) is 29.3 Å². The molecule has 0 fully saturated rings. The second-order valence-electron chi connectivity index (χ2n) is 8.12. The zero-order valence-electron chi connectivity index (χ0n) is 18.3. The van der Waals surface area contributed by atoms with Crippen LogP contribution in [0.4, 0.5) is 19.0 Å². The Bertz CT molecular complexity index is 1240. The van der Waals surface area contributed by atoms with Gasteiger partial charge in [-0.1, -0.05) is 36.4 Å². The molecule has 0 aliphatic carbocycles. The van der Waals surface area contributed by atoms with Crippen LogP contribution in [-0.2, 0) is 19.0 Å². The number of amides is 1. The summed E-state index contributed by atoms with van der Waals surface area (Å²) in [7, 11) is 0. The molecule has 0 atom stereocenters. The number of benzene rings is 2. The fourth-order valence-corrected chi connectivity index (χ4v) is 3.96. The number of aryl methyl sites for hydroxylation is 2. The van der Waals surface area contributed by atoms with Gasteiger partial charge in [0.2, 0.25) is 0 Å². The number of hydrogen-bond donors (Lipinski definition) is 3. The molecule has 0 unspecified atom stereocenters. The van der Waals surface area contributed by atoms with Gasteiger partial charge in [-0.25, -0.2) is 9.97 Å². The second-order valence-corrected chi connectivity index (χ2v) is 8.12. The predicted molar refractivity (Wildman–Crippen MR) is 125 cm³/mol. The number of nitrogens with two attached hydrogens (primary N) is 2. The summed E-state index contributed by atoms with van der Waals surface area (Å²) in [4.78, 5) is 19.7. The largest absolute Gasteiger partial charge is 0.416 e. The third kappa shape index (κ3) is 5.43. The summed E-state index contributed by atoms with van der Waals surface area (Å²) in [6, 6.07) is 12.8. The summed E-state index contributed by atoms with van der Waals surface area (Å²) in [5, 5.41) is 3.20. The highest BCUT2D eigenvalue weighted by atomic mass is 19.4. The minimum Gasteiger partial charge on any atom is -0.384 e. The van der Waals surface area contributed by atoms with Gasteiger partial charge < -0.3 is 16.8 Å². The van der Waals surface area contributed by atoms with Crippen LogP contribution in [0.25, 0.3) is 17.0 Å². The monoisotopic (exact) mass is 467 g/mol. The number of halogens is 3. The van der Waals surface area contributed by atoms with Gasteiger partial charge in [0, 0.05) is 18.2 Å². The molecule has 34 heavy (non-hydrogen) atoms. The quantitative estimate of drug-likeness (QED) is 0.508. The lowest BCUT2D eigenvalue weighted by Crippen LogP contribution is -2.20. The molecule has 3 aromatic rings. The zero-order chi connectivity index (χ0) is 24.3. The molecule has 1 amide bonds. The van der Waals surface area contributed by atoms with Crippen LogP contribution in [0.1, 0.15) is 39.2 Å². The number of carbonyl (C=O) groups excluding carboxylic acids is 1. The number of carbonyl (C=O) groups is 1. The van der Waals surface area contributed by atoms with Crippen molar-refractivity contribution in [3.05, 3.63) is 82.6 Å². The molecule has 0 saturated carbocycles. The molecule has 1 aliphatic heterocycles. The average Bonchev–Trinajstić information content (AvgIpc) is 2.82. The maximum atomic E-state index is 13.3. The van der Waals surface area contributed by atoms with Gasteiger partial charge in [-0.3, -0.25) is 4.79 Å². The maximum Gasteiger partial charge on any atom is 0.416 e. The number of alkyl halides is 3. The molecule has 0 spiro atoms. The Kier molecular flexibility index (Phi) is 6.65. The number of nitrogen functional groups attached to an aromatic ring is 1. The topological polar surface area (TPSA) is 107 Å². The van der Waals surface area contributed by atoms with Gasteiger partial charge in [0.15, 0.2) is 5.82 Å². The van der Waals surface area contributed by atoms with Gasteiger partial charge in [0.05, 0.1) is 5.56 Å². The van der Waals surface area contributed by atoms with Crippen LogP contribution in [0.5, 0.6) is 0 Å². The minimum atomic E-state index is -4.38. The number of anilines is 1. The molecule has 9 heteroatoms. The molecule has 4 rings (SSSR count). The van der Waals surface area contributed by atoms with Crippen LogP contribution in [0, 0.1) is 0 Å². The Morgan fingerprint density at radius 1 is 1.03 bits per heavy atom. The van der Waals surface area contributed by atoms with E-state index in [2.05, 4.69) is 15.3 Å². The van der Waals surface area contributed by atoms with Crippen molar-refractivity contribution in [2.24, 2.45) is 5.73 Å². The maximum absolute atomic E-state index is 13.3. The smallest absolute Gasteiger partial charge is 0.384 e. The van der Waals surface area contributed by atoms with Gasteiger partial charge in [0.1, 0.15) is 11.5 Å². The number of primary amides is 1. The lowest BCUT2D eigenvalue weighted by Gasteiger charge is -2.19. The van der Waals surface area contributed by atoms with Crippen LogP contribution >= 0.6 is 0 Å². The van der Waals surface area contributed by atoms with Crippen molar-refractivity contribution in [3.8, 4) is 11.4 Å². The van der Waals surface area contributed by atoms with Crippen molar-refractivity contribution >= 4 is 17.3 Å². The summed E-state index contributed by atoms with van der Waals surface area (Å²) in [6.45, 7) is 1.39. The van der Waals surface area contributed by atoms with Crippen LogP contribution in [-0.4, -0.2) is 29.0 Å². The van der Waals surface area contributed by atoms with E-state index < -0.39 is 17.6 Å². The van der Waals surface area contributed by atoms with Crippen molar-refractivity contribution in [2.75, 3.05) is 18.8 Å². The molecular formula is C25H24F3N5O. The Hall–Kier alpha value is -3.72. The number of rotatable bonds is 6. The summed E-state index contributed by atoms with van der Waals surface area (Å²) in [6.07, 6.45) is -0.486. The van der Waals surface area contributed by atoms with E-state index in [4.69, 9.17) is 11.5 Å². The summed E-state index contributed by atoms with van der Waals surface area (Å²) < 4.78 is 39.9. The number of aromatic nitrogens is 2. The van der Waals surface area contributed by atoms with Crippen LogP contribution in [0.2, 0.25) is 0 Å². The first kappa shape index (κ1) is 23.4. The molecule has 1 aliphatic rings. The lowest BCUT2D eigenvalue weighted by atomic mass is 9.90. The van der Waals surface area contributed by atoms with Gasteiger partial charge >= 0.3 is 6.18 Å². The highest BCUT2D eigenvalue weighted by Crippen LogP contribution is 2.34. The Balaban J connectivity index is 1.55. The summed E-state index contributed by atoms with van der Waals surface area (Å²) in [5.41, 5.74) is 14.6. The average molecular weight is 467 g/mol. The molecular weight excluding hydrogens is 443 g/mol. The Labute approximate surface area is 194 Å². The van der Waals surface area contributed by atoms with E-state index in [1.165, 1.54) is 12.1 Å². The van der Waals surface area contributed by atoms with Crippen LogP contribution in [0.15, 0.2) is 54.6 Å². The highest BCUT2D eigenvalue weighted by Gasteiger charge is 2.31. The van der Waals surface area contributed by atoms with Gasteiger partial charge in [0.25, 0.3) is 5.91 Å². The van der Waals surface area contributed by atoms with Gasteiger partial charge in [-0.05, 0) is 60.2 Å². The molecule has 0 radical (unpaired) electrons. The zero-order valence-corrected chi connectivity index (χ0v) is 18.3. The predicted octanol–water partition coefficient (Wildman–Crippen LogP) is 4.01. The third-order valence-electron chi connectivity index (χ3n) is 5.74. The Morgan fingerprint density at radius 2 is 1.79 bits per heavy atom. The van der Waals surface area contributed by atoms with Gasteiger partial charge in [-0.2, -0.15) is 13.2 Å².